The van der Waals surface area contributed by atoms with E-state index in [1.54, 1.807) is 0 Å². The third-order valence-electron chi connectivity index (χ3n) is 3.14. The summed E-state index contributed by atoms with van der Waals surface area (Å²) in [5, 5.41) is 3.53. The van der Waals surface area contributed by atoms with Crippen molar-refractivity contribution in [3.8, 4) is 5.69 Å². The number of nitrogens with one attached hydrogen (secondary N) is 1. The van der Waals surface area contributed by atoms with Crippen LogP contribution < -0.4 is 5.32 Å². The van der Waals surface area contributed by atoms with Crippen molar-refractivity contribution in [3.05, 3.63) is 48.8 Å². The molecule has 1 atom stereocenters. The molecule has 1 aromatic heterocycles. The lowest BCUT2D eigenvalue weighted by Gasteiger charge is -2.19. The maximum Gasteiger partial charge on any atom is 0.0469 e. The zero-order valence-corrected chi connectivity index (χ0v) is 10.7. The van der Waals surface area contributed by atoms with Gasteiger partial charge in [0.15, 0.2) is 0 Å². The summed E-state index contributed by atoms with van der Waals surface area (Å²) in [4.78, 5) is 0. The Morgan fingerprint density at radius 2 is 1.71 bits per heavy atom. The summed E-state index contributed by atoms with van der Waals surface area (Å²) in [6, 6.07) is 13.1. The van der Waals surface area contributed by atoms with Crippen molar-refractivity contribution >= 4 is 5.69 Å². The molecule has 90 valence electrons. The maximum absolute atomic E-state index is 3.53. The lowest BCUT2D eigenvalue weighted by molar-refractivity contribution is 0.560. The van der Waals surface area contributed by atoms with Crippen LogP contribution in [0.4, 0.5) is 5.69 Å². The van der Waals surface area contributed by atoms with Crippen molar-refractivity contribution in [1.82, 2.24) is 4.57 Å². The van der Waals surface area contributed by atoms with E-state index in [0.29, 0.717) is 12.0 Å². The van der Waals surface area contributed by atoms with Crippen molar-refractivity contribution in [2.24, 2.45) is 5.92 Å². The highest BCUT2D eigenvalue weighted by molar-refractivity contribution is 5.51. The molecular formula is C15H20N2. The number of rotatable bonds is 4. The minimum Gasteiger partial charge on any atom is -0.382 e. The number of anilines is 1. The van der Waals surface area contributed by atoms with Crippen LogP contribution in [0.1, 0.15) is 20.8 Å². The Morgan fingerprint density at radius 1 is 1.00 bits per heavy atom. The fraction of sp³-hybridized carbons (Fsp3) is 0.333. The van der Waals surface area contributed by atoms with Crippen LogP contribution in [0.5, 0.6) is 0 Å². The third kappa shape index (κ3) is 2.90. The fourth-order valence-electron chi connectivity index (χ4n) is 1.69. The maximum atomic E-state index is 3.53. The molecule has 2 nitrogen and oxygen atoms in total. The SMILES string of the molecule is CC(C)C(C)Nc1cccc(-n2cccc2)c1. The van der Waals surface area contributed by atoms with Crippen LogP contribution in [-0.4, -0.2) is 10.6 Å². The Labute approximate surface area is 103 Å². The number of aromatic nitrogens is 1. The first kappa shape index (κ1) is 11.8. The standard InChI is InChI=1S/C15H20N2/c1-12(2)13(3)16-14-7-6-8-15(11-14)17-9-4-5-10-17/h4-13,16H,1-3H3. The molecule has 0 spiro atoms. The first-order chi connectivity index (χ1) is 8.16. The Kier molecular flexibility index (Phi) is 3.52. The second-order valence-corrected chi connectivity index (χ2v) is 4.82. The van der Waals surface area contributed by atoms with Gasteiger partial charge in [-0.1, -0.05) is 19.9 Å². The largest absolute Gasteiger partial charge is 0.382 e. The minimum atomic E-state index is 0.481. The zero-order chi connectivity index (χ0) is 12.3. The Morgan fingerprint density at radius 3 is 2.35 bits per heavy atom. The topological polar surface area (TPSA) is 17.0 Å². The van der Waals surface area contributed by atoms with Gasteiger partial charge in [0, 0.05) is 29.8 Å². The molecule has 1 heterocycles. The molecule has 0 saturated carbocycles. The van der Waals surface area contributed by atoms with Gasteiger partial charge in [0.1, 0.15) is 0 Å². The van der Waals surface area contributed by atoms with Gasteiger partial charge in [-0.25, -0.2) is 0 Å². The van der Waals surface area contributed by atoms with Gasteiger partial charge in [0.2, 0.25) is 0 Å². The fourth-order valence-corrected chi connectivity index (χ4v) is 1.69. The summed E-state index contributed by atoms with van der Waals surface area (Å²) in [6.07, 6.45) is 4.12. The molecule has 2 rings (SSSR count). The van der Waals surface area contributed by atoms with Gasteiger partial charge in [-0.05, 0) is 43.2 Å². The van der Waals surface area contributed by atoms with Crippen molar-refractivity contribution < 1.29 is 0 Å². The molecule has 2 heteroatoms. The van der Waals surface area contributed by atoms with Crippen LogP contribution in [-0.2, 0) is 0 Å². The number of hydrogen-bond acceptors (Lipinski definition) is 1. The van der Waals surface area contributed by atoms with Crippen molar-refractivity contribution in [2.75, 3.05) is 5.32 Å². The van der Waals surface area contributed by atoms with E-state index in [2.05, 4.69) is 67.3 Å². The van der Waals surface area contributed by atoms with Crippen LogP contribution >= 0.6 is 0 Å². The number of hydrogen-bond donors (Lipinski definition) is 1. The molecule has 17 heavy (non-hydrogen) atoms. The van der Waals surface area contributed by atoms with E-state index in [-0.39, 0.29) is 0 Å². The van der Waals surface area contributed by atoms with Gasteiger partial charge in [-0.15, -0.1) is 0 Å². The Hall–Kier alpha value is -1.70. The molecular weight excluding hydrogens is 208 g/mol. The van der Waals surface area contributed by atoms with Gasteiger partial charge >= 0.3 is 0 Å². The predicted octanol–water partition coefficient (Wildman–Crippen LogP) is 3.93. The molecule has 0 saturated heterocycles. The Bertz CT molecular complexity index is 458. The van der Waals surface area contributed by atoms with Crippen molar-refractivity contribution in [3.63, 3.8) is 0 Å². The van der Waals surface area contributed by atoms with Crippen LogP contribution in [0.2, 0.25) is 0 Å². The van der Waals surface area contributed by atoms with Gasteiger partial charge in [-0.3, -0.25) is 0 Å². The molecule has 0 aliphatic carbocycles. The van der Waals surface area contributed by atoms with Crippen LogP contribution in [0.15, 0.2) is 48.8 Å². The highest BCUT2D eigenvalue weighted by Crippen LogP contribution is 2.17. The molecule has 0 bridgehead atoms. The summed E-state index contributed by atoms with van der Waals surface area (Å²) in [6.45, 7) is 6.67. The molecule has 2 aromatic rings. The van der Waals surface area contributed by atoms with E-state index >= 15 is 0 Å². The third-order valence-corrected chi connectivity index (χ3v) is 3.14. The van der Waals surface area contributed by atoms with E-state index in [0.717, 1.165) is 0 Å². The van der Waals surface area contributed by atoms with E-state index in [1.807, 2.05) is 12.1 Å². The van der Waals surface area contributed by atoms with Gasteiger partial charge in [0.05, 0.1) is 0 Å². The first-order valence-corrected chi connectivity index (χ1v) is 6.17. The average Bonchev–Trinajstić information content (AvgIpc) is 2.82. The predicted molar refractivity (Wildman–Crippen MR) is 73.7 cm³/mol. The monoisotopic (exact) mass is 228 g/mol. The Balaban J connectivity index is 2.18. The van der Waals surface area contributed by atoms with E-state index in [9.17, 15) is 0 Å². The second kappa shape index (κ2) is 5.09. The molecule has 0 radical (unpaired) electrons. The normalized spacial score (nSPS) is 12.7. The summed E-state index contributed by atoms with van der Waals surface area (Å²) in [5.41, 5.74) is 2.37. The first-order valence-electron chi connectivity index (χ1n) is 6.17. The average molecular weight is 228 g/mol. The van der Waals surface area contributed by atoms with Crippen LogP contribution in [0.3, 0.4) is 0 Å². The minimum absolute atomic E-state index is 0.481. The lowest BCUT2D eigenvalue weighted by atomic mass is 10.1. The van der Waals surface area contributed by atoms with E-state index < -0.39 is 0 Å². The molecule has 1 unspecified atom stereocenters. The lowest BCUT2D eigenvalue weighted by Crippen LogP contribution is -2.21. The zero-order valence-electron chi connectivity index (χ0n) is 10.7. The molecule has 0 fully saturated rings. The molecule has 0 aliphatic rings. The molecule has 0 amide bonds. The number of benzene rings is 1. The second-order valence-electron chi connectivity index (χ2n) is 4.82. The summed E-state index contributed by atoms with van der Waals surface area (Å²) in [7, 11) is 0. The van der Waals surface area contributed by atoms with Crippen molar-refractivity contribution in [1.29, 1.82) is 0 Å². The highest BCUT2D eigenvalue weighted by atomic mass is 15.0. The summed E-state index contributed by atoms with van der Waals surface area (Å²) in [5.74, 6) is 0.630. The smallest absolute Gasteiger partial charge is 0.0469 e. The number of nitrogens with zero attached hydrogens (tertiary/aromatic N) is 1. The molecule has 0 aliphatic heterocycles. The van der Waals surface area contributed by atoms with Gasteiger partial charge < -0.3 is 9.88 Å². The van der Waals surface area contributed by atoms with Crippen LogP contribution in [0, 0.1) is 5.92 Å². The van der Waals surface area contributed by atoms with Gasteiger partial charge in [-0.2, -0.15) is 0 Å². The summed E-state index contributed by atoms with van der Waals surface area (Å²) < 4.78 is 2.12. The molecule has 1 N–H and O–H groups in total. The molecule has 1 aromatic carbocycles. The van der Waals surface area contributed by atoms with Crippen molar-refractivity contribution in [2.45, 2.75) is 26.8 Å². The highest BCUT2D eigenvalue weighted by Gasteiger charge is 2.06. The van der Waals surface area contributed by atoms with Crippen LogP contribution in [0.25, 0.3) is 5.69 Å². The quantitative estimate of drug-likeness (QED) is 0.839. The van der Waals surface area contributed by atoms with E-state index in [4.69, 9.17) is 0 Å². The van der Waals surface area contributed by atoms with E-state index in [1.165, 1.54) is 11.4 Å². The van der Waals surface area contributed by atoms with Gasteiger partial charge in [0.25, 0.3) is 0 Å². The summed E-state index contributed by atoms with van der Waals surface area (Å²) >= 11 is 0.